The molecule has 0 aliphatic rings. The van der Waals surface area contributed by atoms with Gasteiger partial charge >= 0.3 is 0 Å². The van der Waals surface area contributed by atoms with Crippen LogP contribution in [0.15, 0.2) is 84.0 Å². The fourth-order valence-electron chi connectivity index (χ4n) is 2.92. The van der Waals surface area contributed by atoms with Gasteiger partial charge in [0.15, 0.2) is 18.0 Å². The Morgan fingerprint density at radius 3 is 2.50 bits per heavy atom. The predicted octanol–water partition coefficient (Wildman–Crippen LogP) is 4.40. The number of anilines is 4. The molecule has 3 heterocycles. The van der Waals surface area contributed by atoms with Crippen molar-refractivity contribution in [1.29, 1.82) is 0 Å². The molecular formula is C21H16N8O. The molecule has 0 aliphatic heterocycles. The summed E-state index contributed by atoms with van der Waals surface area (Å²) in [5, 5.41) is 13.5. The van der Waals surface area contributed by atoms with Gasteiger partial charge in [0.05, 0.1) is 11.9 Å². The van der Waals surface area contributed by atoms with E-state index in [9.17, 15) is 0 Å². The maximum Gasteiger partial charge on any atom is 0.233 e. The summed E-state index contributed by atoms with van der Waals surface area (Å²) in [5.74, 6) is 2.08. The Morgan fingerprint density at radius 1 is 0.833 bits per heavy atom. The van der Waals surface area contributed by atoms with Crippen LogP contribution >= 0.6 is 0 Å². The Balaban J connectivity index is 1.32. The average Bonchev–Trinajstić information content (AvgIpc) is 3.48. The van der Waals surface area contributed by atoms with Crippen molar-refractivity contribution in [1.82, 2.24) is 30.1 Å². The lowest BCUT2D eigenvalue weighted by atomic mass is 10.1. The minimum absolute atomic E-state index is 0.380. The monoisotopic (exact) mass is 396 g/mol. The molecule has 0 spiro atoms. The number of oxazole rings is 1. The molecule has 30 heavy (non-hydrogen) atoms. The average molecular weight is 396 g/mol. The third kappa shape index (κ3) is 3.85. The van der Waals surface area contributed by atoms with E-state index in [-0.39, 0.29) is 0 Å². The summed E-state index contributed by atoms with van der Waals surface area (Å²) in [4.78, 5) is 16.7. The van der Waals surface area contributed by atoms with E-state index in [1.165, 1.54) is 12.7 Å². The van der Waals surface area contributed by atoms with Crippen molar-refractivity contribution in [3.8, 4) is 22.6 Å². The number of nitrogens with zero attached hydrogens (tertiary/aromatic N) is 5. The van der Waals surface area contributed by atoms with Gasteiger partial charge in [0.25, 0.3) is 0 Å². The second kappa shape index (κ2) is 7.84. The van der Waals surface area contributed by atoms with Crippen molar-refractivity contribution in [2.75, 3.05) is 10.6 Å². The first-order valence-corrected chi connectivity index (χ1v) is 9.16. The van der Waals surface area contributed by atoms with Crippen molar-refractivity contribution in [3.05, 3.63) is 79.6 Å². The van der Waals surface area contributed by atoms with Gasteiger partial charge in [-0.3, -0.25) is 5.10 Å². The van der Waals surface area contributed by atoms with Crippen molar-refractivity contribution in [3.63, 3.8) is 0 Å². The summed E-state index contributed by atoms with van der Waals surface area (Å²) in [6.07, 6.45) is 4.50. The van der Waals surface area contributed by atoms with Crippen molar-refractivity contribution >= 4 is 23.4 Å². The molecule has 2 aromatic carbocycles. The molecule has 0 amide bonds. The van der Waals surface area contributed by atoms with Gasteiger partial charge in [-0.15, -0.1) is 0 Å². The number of nitrogens with one attached hydrogen (secondary N) is 3. The number of rotatable bonds is 6. The lowest BCUT2D eigenvalue weighted by Crippen LogP contribution is -2.03. The van der Waals surface area contributed by atoms with E-state index in [0.717, 1.165) is 22.5 Å². The van der Waals surface area contributed by atoms with Crippen molar-refractivity contribution in [2.24, 2.45) is 0 Å². The van der Waals surface area contributed by atoms with E-state index in [1.807, 2.05) is 60.7 Å². The molecular weight excluding hydrogens is 380 g/mol. The van der Waals surface area contributed by atoms with Gasteiger partial charge in [0.1, 0.15) is 6.33 Å². The molecule has 0 fully saturated rings. The number of benzene rings is 2. The first-order chi connectivity index (χ1) is 14.8. The third-order valence-electron chi connectivity index (χ3n) is 4.31. The predicted molar refractivity (Wildman–Crippen MR) is 112 cm³/mol. The minimum atomic E-state index is 0.380. The fraction of sp³-hybridized carbons (Fsp3) is 0. The smallest absolute Gasteiger partial charge is 0.233 e. The maximum absolute atomic E-state index is 5.34. The highest BCUT2D eigenvalue weighted by Gasteiger charge is 2.08. The molecule has 9 heteroatoms. The molecule has 5 aromatic rings. The summed E-state index contributed by atoms with van der Waals surface area (Å²) in [5.41, 5.74) is 3.65. The first kappa shape index (κ1) is 17.6. The Kier molecular flexibility index (Phi) is 4.59. The Labute approximate surface area is 171 Å². The van der Waals surface area contributed by atoms with Crippen LogP contribution in [0.25, 0.3) is 22.6 Å². The van der Waals surface area contributed by atoms with Gasteiger partial charge in [0.2, 0.25) is 11.9 Å². The summed E-state index contributed by atoms with van der Waals surface area (Å²) in [7, 11) is 0. The lowest BCUT2D eigenvalue weighted by molar-refractivity contribution is 0.572. The van der Waals surface area contributed by atoms with Crippen molar-refractivity contribution in [2.45, 2.75) is 0 Å². The van der Waals surface area contributed by atoms with Gasteiger partial charge in [-0.2, -0.15) is 10.1 Å². The molecule has 5 rings (SSSR count). The molecule has 0 atom stereocenters. The Bertz CT molecular complexity index is 1250. The molecule has 146 valence electrons. The quantitative estimate of drug-likeness (QED) is 0.386. The van der Waals surface area contributed by atoms with Crippen LogP contribution in [-0.4, -0.2) is 30.1 Å². The topological polar surface area (TPSA) is 117 Å². The van der Waals surface area contributed by atoms with Crippen LogP contribution < -0.4 is 10.6 Å². The van der Waals surface area contributed by atoms with Gasteiger partial charge in [-0.25, -0.2) is 15.0 Å². The molecule has 3 aromatic heterocycles. The zero-order chi connectivity index (χ0) is 20.2. The van der Waals surface area contributed by atoms with Crippen LogP contribution in [0, 0.1) is 0 Å². The van der Waals surface area contributed by atoms with E-state index >= 15 is 0 Å². The highest BCUT2D eigenvalue weighted by molar-refractivity contribution is 5.67. The van der Waals surface area contributed by atoms with Crippen LogP contribution in [-0.2, 0) is 0 Å². The summed E-state index contributed by atoms with van der Waals surface area (Å²) < 4.78 is 5.34. The van der Waals surface area contributed by atoms with Crippen LogP contribution in [0.1, 0.15) is 0 Å². The van der Waals surface area contributed by atoms with E-state index in [0.29, 0.717) is 23.5 Å². The van der Waals surface area contributed by atoms with Gasteiger partial charge in [0, 0.05) is 17.3 Å². The Hall–Kier alpha value is -4.53. The molecule has 0 unspecified atom stereocenters. The zero-order valence-electron chi connectivity index (χ0n) is 15.6. The highest BCUT2D eigenvalue weighted by Crippen LogP contribution is 2.24. The Morgan fingerprint density at radius 2 is 1.67 bits per heavy atom. The third-order valence-corrected chi connectivity index (χ3v) is 4.31. The van der Waals surface area contributed by atoms with Crippen LogP contribution in [0.3, 0.4) is 0 Å². The normalized spacial score (nSPS) is 10.7. The lowest BCUT2D eigenvalue weighted by Gasteiger charge is -2.07. The SMILES string of the molecule is c1ccc(-c2cc(Nc3ncnc(Nc4cccc(-c5cnco5)c4)n3)n[nH]2)cc1. The summed E-state index contributed by atoms with van der Waals surface area (Å²) in [6.45, 7) is 0. The van der Waals surface area contributed by atoms with E-state index in [2.05, 4.69) is 40.8 Å². The van der Waals surface area contributed by atoms with Gasteiger partial charge in [-0.1, -0.05) is 42.5 Å². The molecule has 0 bridgehead atoms. The highest BCUT2D eigenvalue weighted by atomic mass is 16.3. The first-order valence-electron chi connectivity index (χ1n) is 9.16. The second-order valence-electron chi connectivity index (χ2n) is 6.36. The molecule has 9 nitrogen and oxygen atoms in total. The molecule has 0 saturated heterocycles. The number of H-pyrrole nitrogens is 1. The largest absolute Gasteiger partial charge is 0.444 e. The van der Waals surface area contributed by atoms with Crippen LogP contribution in [0.4, 0.5) is 23.4 Å². The summed E-state index contributed by atoms with van der Waals surface area (Å²) >= 11 is 0. The molecule has 0 radical (unpaired) electrons. The molecule has 0 aliphatic carbocycles. The minimum Gasteiger partial charge on any atom is -0.444 e. The molecule has 0 saturated carbocycles. The van der Waals surface area contributed by atoms with Gasteiger partial charge in [-0.05, 0) is 17.7 Å². The van der Waals surface area contributed by atoms with Crippen LogP contribution in [0.2, 0.25) is 0 Å². The number of aromatic nitrogens is 6. The summed E-state index contributed by atoms with van der Waals surface area (Å²) in [6, 6.07) is 19.5. The van der Waals surface area contributed by atoms with E-state index in [4.69, 9.17) is 4.42 Å². The molecule has 3 N–H and O–H groups in total. The number of aromatic amines is 1. The van der Waals surface area contributed by atoms with Gasteiger partial charge < -0.3 is 15.1 Å². The van der Waals surface area contributed by atoms with Crippen molar-refractivity contribution < 1.29 is 4.42 Å². The number of hydrogen-bond donors (Lipinski definition) is 3. The van der Waals surface area contributed by atoms with E-state index < -0.39 is 0 Å². The second-order valence-corrected chi connectivity index (χ2v) is 6.36. The van der Waals surface area contributed by atoms with E-state index in [1.54, 1.807) is 6.20 Å². The maximum atomic E-state index is 5.34. The van der Waals surface area contributed by atoms with Crippen LogP contribution in [0.5, 0.6) is 0 Å². The fourth-order valence-corrected chi connectivity index (χ4v) is 2.92. The number of hydrogen-bond acceptors (Lipinski definition) is 8. The standard InChI is InChI=1S/C21H16N8O/c1-2-5-14(6-3-1)17-10-19(29-28-17)26-21-24-12-23-20(27-21)25-16-8-4-7-15(9-16)18-11-22-13-30-18/h1-13H,(H3,23,24,25,26,27,28,29). The zero-order valence-corrected chi connectivity index (χ0v) is 15.6.